The number of nitrogens with one attached hydrogen (secondary N) is 1. The van der Waals surface area contributed by atoms with E-state index >= 15 is 0 Å². The Labute approximate surface area is 243 Å². The second kappa shape index (κ2) is 12.9. The highest BCUT2D eigenvalue weighted by Gasteiger charge is 2.32. The van der Waals surface area contributed by atoms with Crippen molar-refractivity contribution in [3.8, 4) is 17.2 Å². The zero-order valence-electron chi connectivity index (χ0n) is 23.6. The van der Waals surface area contributed by atoms with Crippen LogP contribution in [-0.2, 0) is 22.7 Å². The first-order valence-electron chi connectivity index (χ1n) is 13.3. The molecule has 0 aliphatic carbocycles. The summed E-state index contributed by atoms with van der Waals surface area (Å²) < 4.78 is 17.4. The van der Waals surface area contributed by atoms with Crippen molar-refractivity contribution in [2.75, 3.05) is 26.6 Å². The van der Waals surface area contributed by atoms with E-state index in [0.717, 1.165) is 11.1 Å². The average Bonchev–Trinajstić information content (AvgIpc) is 3.44. The third-order valence-electron chi connectivity index (χ3n) is 6.89. The fourth-order valence-corrected chi connectivity index (χ4v) is 4.65. The molecule has 5 aromatic rings. The van der Waals surface area contributed by atoms with Crippen LogP contribution < -0.4 is 19.5 Å². The van der Waals surface area contributed by atoms with Gasteiger partial charge in [-0.15, -0.1) is 5.10 Å². The summed E-state index contributed by atoms with van der Waals surface area (Å²) in [6.45, 7) is 0.0430. The molecule has 1 atom stereocenters. The summed E-state index contributed by atoms with van der Waals surface area (Å²) in [5.74, 6) is 1.30. The number of benzene rings is 4. The molecule has 1 unspecified atom stereocenters. The lowest BCUT2D eigenvalue weighted by atomic mass is 10.0. The molecule has 0 spiro atoms. The molecule has 1 N–H and O–H groups in total. The Balaban J connectivity index is 1.54. The summed E-state index contributed by atoms with van der Waals surface area (Å²) in [7, 11) is 4.75. The van der Waals surface area contributed by atoms with Gasteiger partial charge in [0.25, 0.3) is 5.91 Å². The highest BCUT2D eigenvalue weighted by Crippen LogP contribution is 2.29. The minimum Gasteiger partial charge on any atom is -0.497 e. The van der Waals surface area contributed by atoms with Crippen LogP contribution >= 0.6 is 0 Å². The molecule has 0 aliphatic rings. The fraction of sp³-hybridized carbons (Fsp3) is 0.188. The van der Waals surface area contributed by atoms with Crippen molar-refractivity contribution < 1.29 is 23.8 Å². The predicted octanol–water partition coefficient (Wildman–Crippen LogP) is 4.87. The summed E-state index contributed by atoms with van der Waals surface area (Å²) in [6.07, 6.45) is 0. The van der Waals surface area contributed by atoms with Crippen LogP contribution in [0.2, 0.25) is 0 Å². The van der Waals surface area contributed by atoms with E-state index in [1.54, 1.807) is 79.4 Å². The average molecular weight is 566 g/mol. The molecule has 1 aromatic heterocycles. The minimum atomic E-state index is -0.984. The Morgan fingerprint density at radius 2 is 1.36 bits per heavy atom. The van der Waals surface area contributed by atoms with E-state index in [-0.39, 0.29) is 24.9 Å². The predicted molar refractivity (Wildman–Crippen MR) is 158 cm³/mol. The topological polar surface area (TPSA) is 108 Å². The number of ether oxygens (including phenoxy) is 3. The van der Waals surface area contributed by atoms with Gasteiger partial charge in [-0.1, -0.05) is 41.6 Å². The van der Waals surface area contributed by atoms with Crippen LogP contribution in [0.4, 0.5) is 5.69 Å². The molecule has 0 aliphatic heterocycles. The standard InChI is InChI=1S/C32H31N5O5/c1-40-25-14-8-22(9-15-25)20-36(30(38)21-37-29-7-5-4-6-28(29)34-35-37)31(23-10-16-26(41-2)17-11-23)32(39)33-24-12-18-27(42-3)19-13-24/h4-19,31H,20-21H2,1-3H3,(H,33,39). The number of hydrogen-bond acceptors (Lipinski definition) is 7. The van der Waals surface area contributed by atoms with Crippen LogP contribution in [0.5, 0.6) is 17.2 Å². The largest absolute Gasteiger partial charge is 0.497 e. The van der Waals surface area contributed by atoms with E-state index in [1.807, 2.05) is 48.5 Å². The van der Waals surface area contributed by atoms with Crippen molar-refractivity contribution in [3.05, 3.63) is 108 Å². The second-order valence-corrected chi connectivity index (χ2v) is 9.50. The van der Waals surface area contributed by atoms with Crippen LogP contribution in [0.25, 0.3) is 11.0 Å². The number of anilines is 1. The Hall–Kier alpha value is -5.38. The Kier molecular flexibility index (Phi) is 8.62. The normalized spacial score (nSPS) is 11.5. The van der Waals surface area contributed by atoms with Crippen LogP contribution in [0, 0.1) is 0 Å². The zero-order valence-corrected chi connectivity index (χ0v) is 23.6. The Morgan fingerprint density at radius 1 is 0.786 bits per heavy atom. The lowest BCUT2D eigenvalue weighted by molar-refractivity contribution is -0.140. The third-order valence-corrected chi connectivity index (χ3v) is 6.89. The first kappa shape index (κ1) is 28.2. The smallest absolute Gasteiger partial charge is 0.251 e. The van der Waals surface area contributed by atoms with Crippen molar-refractivity contribution in [1.82, 2.24) is 19.9 Å². The molecule has 10 heteroatoms. The van der Waals surface area contributed by atoms with E-state index in [4.69, 9.17) is 14.2 Å². The number of amides is 2. The Bertz CT molecular complexity index is 1650. The van der Waals surface area contributed by atoms with Gasteiger partial charge in [0, 0.05) is 12.2 Å². The molecule has 0 fully saturated rings. The van der Waals surface area contributed by atoms with Crippen molar-refractivity contribution in [2.45, 2.75) is 19.1 Å². The second-order valence-electron chi connectivity index (χ2n) is 9.50. The zero-order chi connectivity index (χ0) is 29.5. The fourth-order valence-electron chi connectivity index (χ4n) is 4.65. The summed E-state index contributed by atoms with van der Waals surface area (Å²) >= 11 is 0. The van der Waals surface area contributed by atoms with Gasteiger partial charge in [0.15, 0.2) is 0 Å². The molecule has 0 saturated carbocycles. The van der Waals surface area contributed by atoms with Crippen molar-refractivity contribution in [3.63, 3.8) is 0 Å². The molecular weight excluding hydrogens is 534 g/mol. The number of nitrogens with zero attached hydrogens (tertiary/aromatic N) is 4. The van der Waals surface area contributed by atoms with Crippen molar-refractivity contribution in [1.29, 1.82) is 0 Å². The number of aromatic nitrogens is 3. The molecule has 10 nitrogen and oxygen atoms in total. The number of methoxy groups -OCH3 is 3. The molecule has 0 radical (unpaired) electrons. The lowest BCUT2D eigenvalue weighted by Gasteiger charge is -2.32. The maximum absolute atomic E-state index is 14.2. The van der Waals surface area contributed by atoms with Gasteiger partial charge in [0.05, 0.1) is 26.8 Å². The molecule has 2 amide bonds. The molecule has 5 rings (SSSR count). The van der Waals surface area contributed by atoms with Gasteiger partial charge in [-0.2, -0.15) is 0 Å². The summed E-state index contributed by atoms with van der Waals surface area (Å²) in [6, 6.07) is 27.9. The van der Waals surface area contributed by atoms with Gasteiger partial charge < -0.3 is 24.4 Å². The molecular formula is C32H31N5O5. The van der Waals surface area contributed by atoms with Crippen molar-refractivity contribution in [2.24, 2.45) is 0 Å². The van der Waals surface area contributed by atoms with Gasteiger partial charge in [-0.25, -0.2) is 4.68 Å². The molecule has 0 bridgehead atoms. The molecule has 42 heavy (non-hydrogen) atoms. The summed E-state index contributed by atoms with van der Waals surface area (Å²) in [5.41, 5.74) is 3.41. The van der Waals surface area contributed by atoms with Gasteiger partial charge >= 0.3 is 0 Å². The van der Waals surface area contributed by atoms with Crippen LogP contribution in [-0.4, -0.2) is 53.0 Å². The number of carbonyl (C=O) groups excluding carboxylic acids is 2. The SMILES string of the molecule is COc1ccc(CN(C(=O)Cn2nnc3ccccc32)C(C(=O)Nc2ccc(OC)cc2)c2ccc(OC)cc2)cc1. The lowest BCUT2D eigenvalue weighted by Crippen LogP contribution is -2.42. The van der Waals surface area contributed by atoms with Gasteiger partial charge in [0.2, 0.25) is 5.91 Å². The highest BCUT2D eigenvalue weighted by atomic mass is 16.5. The van der Waals surface area contributed by atoms with Gasteiger partial charge in [-0.05, 0) is 71.8 Å². The molecule has 1 heterocycles. The number of rotatable bonds is 11. The van der Waals surface area contributed by atoms with Crippen molar-refractivity contribution >= 4 is 28.5 Å². The van der Waals surface area contributed by atoms with Gasteiger partial charge in [-0.3, -0.25) is 9.59 Å². The van der Waals surface area contributed by atoms with Gasteiger partial charge in [0.1, 0.15) is 35.4 Å². The molecule has 0 saturated heterocycles. The number of fused-ring (bicyclic) bond motifs is 1. The molecule has 214 valence electrons. The minimum absolute atomic E-state index is 0.112. The van der Waals surface area contributed by atoms with E-state index in [0.29, 0.717) is 34.0 Å². The number of para-hydroxylation sites is 1. The first-order valence-corrected chi connectivity index (χ1v) is 13.3. The monoisotopic (exact) mass is 565 g/mol. The molecule has 4 aromatic carbocycles. The maximum atomic E-state index is 14.2. The van der Waals surface area contributed by atoms with E-state index in [2.05, 4.69) is 15.6 Å². The van der Waals surface area contributed by atoms with Crippen LogP contribution in [0.15, 0.2) is 97.1 Å². The number of hydrogen-bond donors (Lipinski definition) is 1. The summed E-state index contributed by atoms with van der Waals surface area (Å²) in [5, 5.41) is 11.4. The van der Waals surface area contributed by atoms with E-state index < -0.39 is 6.04 Å². The van der Waals surface area contributed by atoms with Crippen LogP contribution in [0.3, 0.4) is 0 Å². The maximum Gasteiger partial charge on any atom is 0.251 e. The van der Waals surface area contributed by atoms with Crippen LogP contribution in [0.1, 0.15) is 17.2 Å². The quantitative estimate of drug-likeness (QED) is 0.244. The Morgan fingerprint density at radius 3 is 1.98 bits per heavy atom. The third kappa shape index (κ3) is 6.33. The summed E-state index contributed by atoms with van der Waals surface area (Å²) in [4.78, 5) is 29.8. The van der Waals surface area contributed by atoms with E-state index in [1.165, 1.54) is 0 Å². The highest BCUT2D eigenvalue weighted by molar-refractivity contribution is 5.98. The van der Waals surface area contributed by atoms with E-state index in [9.17, 15) is 9.59 Å². The number of carbonyl (C=O) groups is 2. The first-order chi connectivity index (χ1) is 20.5.